The molecule has 0 aliphatic rings. The van der Waals surface area contributed by atoms with E-state index in [0.29, 0.717) is 16.0 Å². The maximum Gasteiger partial charge on any atom is 0.227 e. The van der Waals surface area contributed by atoms with Crippen molar-refractivity contribution in [2.75, 3.05) is 11.2 Å². The number of hydrogen-bond acceptors (Lipinski definition) is 3. The van der Waals surface area contributed by atoms with Crippen LogP contribution in [0.2, 0.25) is 10.0 Å². The lowest BCUT2D eigenvalue weighted by atomic mass is 10.2. The molecule has 0 atom stereocenters. The average Bonchev–Trinajstić information content (AvgIpc) is 3.06. The Labute approximate surface area is 142 Å². The van der Waals surface area contributed by atoms with Gasteiger partial charge in [-0.25, -0.2) is 9.66 Å². The van der Waals surface area contributed by atoms with Crippen LogP contribution in [0.4, 0.5) is 11.6 Å². The summed E-state index contributed by atoms with van der Waals surface area (Å²) in [5.74, 6) is 6.69. The lowest BCUT2D eigenvalue weighted by molar-refractivity contribution is 1.05. The van der Waals surface area contributed by atoms with Gasteiger partial charge in [-0.2, -0.15) is 0 Å². The van der Waals surface area contributed by atoms with Crippen molar-refractivity contribution in [3.63, 3.8) is 0 Å². The molecule has 23 heavy (non-hydrogen) atoms. The predicted octanol–water partition coefficient (Wildman–Crippen LogP) is 4.59. The molecule has 0 saturated heterocycles. The molecule has 0 saturated carbocycles. The van der Waals surface area contributed by atoms with Gasteiger partial charge >= 0.3 is 0 Å². The minimum absolute atomic E-state index is 0.534. The summed E-state index contributed by atoms with van der Waals surface area (Å²) in [6.07, 6.45) is 1.86. The molecule has 0 bridgehead atoms. The molecule has 0 aliphatic heterocycles. The van der Waals surface area contributed by atoms with Gasteiger partial charge < -0.3 is 16.1 Å². The zero-order valence-electron chi connectivity index (χ0n) is 12.2. The van der Waals surface area contributed by atoms with Gasteiger partial charge in [-0.05, 0) is 42.8 Å². The Kier molecular flexibility index (Phi) is 3.14. The summed E-state index contributed by atoms with van der Waals surface area (Å²) in [7, 11) is 0. The Morgan fingerprint density at radius 2 is 2.04 bits per heavy atom. The van der Waals surface area contributed by atoms with E-state index in [-0.39, 0.29) is 0 Å². The second kappa shape index (κ2) is 5.08. The monoisotopic (exact) mass is 345 g/mol. The molecule has 7 heteroatoms. The number of hydrogen-bond donors (Lipinski definition) is 3. The van der Waals surface area contributed by atoms with E-state index in [9.17, 15) is 0 Å². The van der Waals surface area contributed by atoms with Gasteiger partial charge in [-0.3, -0.25) is 0 Å². The van der Waals surface area contributed by atoms with Crippen LogP contribution in [0, 0.1) is 6.92 Å². The number of imidazole rings is 1. The van der Waals surface area contributed by atoms with Gasteiger partial charge in [0.25, 0.3) is 0 Å². The van der Waals surface area contributed by atoms with Crippen LogP contribution in [0.1, 0.15) is 5.56 Å². The first-order valence-corrected chi connectivity index (χ1v) is 7.76. The van der Waals surface area contributed by atoms with E-state index >= 15 is 0 Å². The SMILES string of the molecule is Cc1c(Cl)ccc2c1nc(Nc1c[nH]c3ccc(Cl)cc13)n2N. The summed E-state index contributed by atoms with van der Waals surface area (Å²) in [5.41, 5.74) is 4.33. The Hall–Kier alpha value is -2.37. The number of H-pyrrole nitrogens is 1. The molecule has 0 unspecified atom stereocenters. The van der Waals surface area contributed by atoms with Gasteiger partial charge in [0.1, 0.15) is 0 Å². The summed E-state index contributed by atoms with van der Waals surface area (Å²) >= 11 is 12.2. The van der Waals surface area contributed by atoms with Gasteiger partial charge in [-0.1, -0.05) is 23.2 Å². The van der Waals surface area contributed by atoms with Crippen molar-refractivity contribution >= 4 is 56.8 Å². The van der Waals surface area contributed by atoms with E-state index in [1.54, 1.807) is 0 Å². The number of fused-ring (bicyclic) bond motifs is 2. The number of nitrogen functional groups attached to an aromatic ring is 1. The fraction of sp³-hybridized carbons (Fsp3) is 0.0625. The van der Waals surface area contributed by atoms with Crippen LogP contribution in [0.15, 0.2) is 36.5 Å². The molecule has 2 aromatic carbocycles. The first kappa shape index (κ1) is 14.2. The van der Waals surface area contributed by atoms with Crippen LogP contribution in [0.5, 0.6) is 0 Å². The predicted molar refractivity (Wildman–Crippen MR) is 96.2 cm³/mol. The van der Waals surface area contributed by atoms with Crippen molar-refractivity contribution in [2.24, 2.45) is 0 Å². The molecule has 4 N–H and O–H groups in total. The highest BCUT2D eigenvalue weighted by Crippen LogP contribution is 2.31. The molecule has 0 amide bonds. The molecule has 4 rings (SSSR count). The number of halogens is 2. The number of aromatic amines is 1. The lowest BCUT2D eigenvalue weighted by Gasteiger charge is -2.05. The van der Waals surface area contributed by atoms with Crippen molar-refractivity contribution in [1.82, 2.24) is 14.6 Å². The van der Waals surface area contributed by atoms with Gasteiger partial charge in [0.2, 0.25) is 5.95 Å². The highest BCUT2D eigenvalue weighted by Gasteiger charge is 2.14. The summed E-state index contributed by atoms with van der Waals surface area (Å²) in [5, 5.41) is 5.56. The summed E-state index contributed by atoms with van der Waals surface area (Å²) in [4.78, 5) is 7.76. The fourth-order valence-corrected chi connectivity index (χ4v) is 3.00. The van der Waals surface area contributed by atoms with Crippen LogP contribution in [0.3, 0.4) is 0 Å². The third-order valence-corrected chi connectivity index (χ3v) is 4.58. The van der Waals surface area contributed by atoms with Crippen molar-refractivity contribution in [3.8, 4) is 0 Å². The van der Waals surface area contributed by atoms with Crippen molar-refractivity contribution < 1.29 is 0 Å². The molecular weight excluding hydrogens is 333 g/mol. The normalized spacial score (nSPS) is 11.4. The average molecular weight is 346 g/mol. The van der Waals surface area contributed by atoms with Crippen LogP contribution >= 0.6 is 23.2 Å². The molecular formula is C16H13Cl2N5. The van der Waals surface area contributed by atoms with E-state index in [2.05, 4.69) is 15.3 Å². The number of aromatic nitrogens is 3. The quantitative estimate of drug-likeness (QED) is 0.465. The number of nitrogens with two attached hydrogens (primary N) is 1. The zero-order valence-corrected chi connectivity index (χ0v) is 13.7. The van der Waals surface area contributed by atoms with Crippen LogP contribution in [-0.4, -0.2) is 14.6 Å². The maximum atomic E-state index is 6.16. The van der Waals surface area contributed by atoms with Gasteiger partial charge in [0.15, 0.2) is 0 Å². The highest BCUT2D eigenvalue weighted by molar-refractivity contribution is 6.32. The minimum atomic E-state index is 0.534. The second-order valence-electron chi connectivity index (χ2n) is 5.36. The minimum Gasteiger partial charge on any atom is -0.359 e. The van der Waals surface area contributed by atoms with E-state index in [1.165, 1.54) is 4.68 Å². The molecule has 2 heterocycles. The van der Waals surface area contributed by atoms with Crippen LogP contribution in [-0.2, 0) is 0 Å². The molecule has 0 fully saturated rings. The molecule has 0 spiro atoms. The number of nitrogens with one attached hydrogen (secondary N) is 2. The number of aryl methyl sites for hydroxylation is 1. The van der Waals surface area contributed by atoms with Gasteiger partial charge in [0.05, 0.1) is 16.7 Å². The van der Waals surface area contributed by atoms with E-state index < -0.39 is 0 Å². The van der Waals surface area contributed by atoms with Gasteiger partial charge in [0, 0.05) is 27.1 Å². The third-order valence-electron chi connectivity index (χ3n) is 3.94. The van der Waals surface area contributed by atoms with Crippen molar-refractivity contribution in [2.45, 2.75) is 6.92 Å². The summed E-state index contributed by atoms with van der Waals surface area (Å²) in [6, 6.07) is 9.34. The Bertz CT molecular complexity index is 1050. The van der Waals surface area contributed by atoms with Crippen molar-refractivity contribution in [1.29, 1.82) is 0 Å². The van der Waals surface area contributed by atoms with Crippen molar-refractivity contribution in [3.05, 3.63) is 52.1 Å². The molecule has 0 aliphatic carbocycles. The topological polar surface area (TPSA) is 71.7 Å². The first-order chi connectivity index (χ1) is 11.0. The Balaban J connectivity index is 1.84. The maximum absolute atomic E-state index is 6.16. The zero-order chi connectivity index (χ0) is 16.1. The summed E-state index contributed by atoms with van der Waals surface area (Å²) in [6.45, 7) is 1.92. The molecule has 2 aromatic heterocycles. The number of nitrogens with zero attached hydrogens (tertiary/aromatic N) is 2. The first-order valence-electron chi connectivity index (χ1n) is 7.01. The van der Waals surface area contributed by atoms with E-state index in [4.69, 9.17) is 29.0 Å². The van der Waals surface area contributed by atoms with E-state index in [1.807, 2.05) is 43.5 Å². The third kappa shape index (κ3) is 2.20. The summed E-state index contributed by atoms with van der Waals surface area (Å²) < 4.78 is 1.52. The smallest absolute Gasteiger partial charge is 0.227 e. The largest absolute Gasteiger partial charge is 0.359 e. The Morgan fingerprint density at radius 3 is 2.87 bits per heavy atom. The molecule has 4 aromatic rings. The van der Waals surface area contributed by atoms with Gasteiger partial charge in [-0.15, -0.1) is 0 Å². The molecule has 0 radical (unpaired) electrons. The number of rotatable bonds is 2. The molecule has 116 valence electrons. The Morgan fingerprint density at radius 1 is 1.22 bits per heavy atom. The second-order valence-corrected chi connectivity index (χ2v) is 6.21. The number of benzene rings is 2. The fourth-order valence-electron chi connectivity index (χ4n) is 2.68. The lowest BCUT2D eigenvalue weighted by Crippen LogP contribution is -2.11. The van der Waals surface area contributed by atoms with Crippen LogP contribution in [0.25, 0.3) is 21.9 Å². The molecule has 5 nitrogen and oxygen atoms in total. The van der Waals surface area contributed by atoms with Crippen LogP contribution < -0.4 is 11.2 Å². The highest BCUT2D eigenvalue weighted by atomic mass is 35.5. The standard InChI is InChI=1S/C16H13Cl2N5/c1-8-11(18)3-5-14-15(8)22-16(23(14)19)21-13-7-20-12-4-2-9(17)6-10(12)13/h2-7,20H,19H2,1H3,(H,21,22). The van der Waals surface area contributed by atoms with E-state index in [0.717, 1.165) is 33.2 Å². The number of anilines is 2.